The van der Waals surface area contributed by atoms with E-state index in [4.69, 9.17) is 21.1 Å². The Balaban J connectivity index is 2.31. The highest BCUT2D eigenvalue weighted by atomic mass is 35.5. The molecule has 7 nitrogen and oxygen atoms in total. The van der Waals surface area contributed by atoms with Gasteiger partial charge in [-0.2, -0.15) is 13.2 Å². The summed E-state index contributed by atoms with van der Waals surface area (Å²) in [6.07, 6.45) is -4.02. The summed E-state index contributed by atoms with van der Waals surface area (Å²) < 4.78 is 74.4. The fourth-order valence-electron chi connectivity index (χ4n) is 2.53. The van der Waals surface area contributed by atoms with Gasteiger partial charge >= 0.3 is 6.18 Å². The Morgan fingerprint density at radius 3 is 2.27 bits per heavy atom. The molecular formula is C18H18ClF3N2O5S. The zero-order valence-electron chi connectivity index (χ0n) is 16.1. The minimum Gasteiger partial charge on any atom is -0.493 e. The molecule has 164 valence electrons. The lowest BCUT2D eigenvalue weighted by molar-refractivity contribution is -0.137. The van der Waals surface area contributed by atoms with Crippen LogP contribution in [0.1, 0.15) is 5.56 Å². The number of hydrogen-bond acceptors (Lipinski definition) is 5. The van der Waals surface area contributed by atoms with E-state index in [1.165, 1.54) is 32.4 Å². The van der Waals surface area contributed by atoms with Crippen molar-refractivity contribution in [3.05, 3.63) is 47.0 Å². The minimum absolute atomic E-state index is 0.276. The van der Waals surface area contributed by atoms with E-state index < -0.39 is 39.2 Å². The maximum absolute atomic E-state index is 13.1. The average Bonchev–Trinajstić information content (AvgIpc) is 2.64. The summed E-state index contributed by atoms with van der Waals surface area (Å²) in [5, 5.41) is 1.88. The van der Waals surface area contributed by atoms with Crippen molar-refractivity contribution in [1.82, 2.24) is 0 Å². The molecule has 0 atom stereocenters. The molecule has 0 heterocycles. The second-order valence-corrected chi connectivity index (χ2v) is 8.36. The first-order valence-corrected chi connectivity index (χ1v) is 10.5. The van der Waals surface area contributed by atoms with Crippen molar-refractivity contribution < 1.29 is 35.9 Å². The summed E-state index contributed by atoms with van der Waals surface area (Å²) >= 11 is 5.58. The Kier molecular flexibility index (Phi) is 7.09. The molecule has 0 radical (unpaired) electrons. The Morgan fingerprint density at radius 2 is 1.73 bits per heavy atom. The lowest BCUT2D eigenvalue weighted by Crippen LogP contribution is -2.37. The summed E-state index contributed by atoms with van der Waals surface area (Å²) in [7, 11) is -1.26. The van der Waals surface area contributed by atoms with Gasteiger partial charge in [0.15, 0.2) is 11.5 Å². The average molecular weight is 467 g/mol. The normalized spacial score (nSPS) is 11.7. The number of sulfonamides is 1. The van der Waals surface area contributed by atoms with Gasteiger partial charge in [-0.1, -0.05) is 11.6 Å². The topological polar surface area (TPSA) is 84.9 Å². The van der Waals surface area contributed by atoms with Crippen LogP contribution in [0.3, 0.4) is 0 Å². The Hall–Kier alpha value is -2.66. The number of nitrogens with zero attached hydrogens (tertiary/aromatic N) is 1. The van der Waals surface area contributed by atoms with Crippen LogP contribution in [0.15, 0.2) is 36.4 Å². The van der Waals surface area contributed by atoms with Gasteiger partial charge in [-0.05, 0) is 30.3 Å². The third kappa shape index (κ3) is 5.70. The van der Waals surface area contributed by atoms with E-state index in [1.807, 2.05) is 0 Å². The van der Waals surface area contributed by atoms with Crippen molar-refractivity contribution in [1.29, 1.82) is 0 Å². The molecule has 2 aromatic carbocycles. The molecule has 0 aliphatic rings. The molecule has 2 aromatic rings. The monoisotopic (exact) mass is 466 g/mol. The SMILES string of the molecule is COc1ccc(NC(=O)CN(c2ccc(Cl)c(C(F)(F)F)c2)S(C)(=O)=O)cc1OC. The second-order valence-electron chi connectivity index (χ2n) is 6.05. The molecule has 0 aliphatic heterocycles. The molecular weight excluding hydrogens is 449 g/mol. The van der Waals surface area contributed by atoms with Crippen molar-refractivity contribution in [2.75, 3.05) is 36.6 Å². The Bertz CT molecular complexity index is 1040. The number of nitrogens with one attached hydrogen (secondary N) is 1. The quantitative estimate of drug-likeness (QED) is 0.671. The number of methoxy groups -OCH3 is 2. The van der Waals surface area contributed by atoms with Gasteiger partial charge in [0.2, 0.25) is 15.9 Å². The van der Waals surface area contributed by atoms with Crippen LogP contribution in [-0.4, -0.2) is 41.3 Å². The van der Waals surface area contributed by atoms with Crippen molar-refractivity contribution in [2.45, 2.75) is 6.18 Å². The van der Waals surface area contributed by atoms with Crippen LogP contribution in [0.5, 0.6) is 11.5 Å². The molecule has 0 bridgehead atoms. The van der Waals surface area contributed by atoms with Gasteiger partial charge in [0.25, 0.3) is 0 Å². The van der Waals surface area contributed by atoms with Crippen LogP contribution >= 0.6 is 11.6 Å². The molecule has 0 saturated heterocycles. The highest BCUT2D eigenvalue weighted by Crippen LogP contribution is 2.37. The molecule has 1 amide bonds. The first kappa shape index (κ1) is 23.6. The minimum atomic E-state index is -4.79. The Morgan fingerprint density at radius 1 is 1.10 bits per heavy atom. The lowest BCUT2D eigenvalue weighted by Gasteiger charge is -2.23. The van der Waals surface area contributed by atoms with Crippen molar-refractivity contribution in [3.63, 3.8) is 0 Å². The number of halogens is 4. The zero-order valence-corrected chi connectivity index (χ0v) is 17.7. The largest absolute Gasteiger partial charge is 0.493 e. The molecule has 2 rings (SSSR count). The van der Waals surface area contributed by atoms with Gasteiger partial charge in [0.05, 0.1) is 36.7 Å². The highest BCUT2D eigenvalue weighted by Gasteiger charge is 2.34. The number of alkyl halides is 3. The number of carbonyl (C=O) groups excluding carboxylic acids is 1. The van der Waals surface area contributed by atoms with Gasteiger partial charge in [-0.25, -0.2) is 8.42 Å². The predicted octanol–water partition coefficient (Wildman–Crippen LogP) is 3.78. The van der Waals surface area contributed by atoms with Crippen LogP contribution in [0.4, 0.5) is 24.5 Å². The number of benzene rings is 2. The van der Waals surface area contributed by atoms with E-state index in [0.29, 0.717) is 21.9 Å². The van der Waals surface area contributed by atoms with E-state index in [-0.39, 0.29) is 11.4 Å². The third-order valence-corrected chi connectivity index (χ3v) is 5.37. The van der Waals surface area contributed by atoms with Gasteiger partial charge in [-0.3, -0.25) is 9.10 Å². The summed E-state index contributed by atoms with van der Waals surface area (Å²) in [5.74, 6) is -0.0481. The molecule has 0 fully saturated rings. The molecule has 0 aliphatic carbocycles. The third-order valence-electron chi connectivity index (χ3n) is 3.90. The second kappa shape index (κ2) is 9.00. The molecule has 0 saturated carbocycles. The molecule has 0 spiro atoms. The van der Waals surface area contributed by atoms with Gasteiger partial charge < -0.3 is 14.8 Å². The highest BCUT2D eigenvalue weighted by molar-refractivity contribution is 7.92. The van der Waals surface area contributed by atoms with E-state index in [2.05, 4.69) is 5.32 Å². The summed E-state index contributed by atoms with van der Waals surface area (Å²) in [6, 6.07) is 7.05. The van der Waals surface area contributed by atoms with Crippen LogP contribution < -0.4 is 19.1 Å². The number of ether oxygens (including phenoxy) is 2. The fourth-order valence-corrected chi connectivity index (χ4v) is 3.60. The van der Waals surface area contributed by atoms with Gasteiger partial charge in [0, 0.05) is 11.8 Å². The first-order valence-electron chi connectivity index (χ1n) is 8.23. The van der Waals surface area contributed by atoms with Crippen LogP contribution in [0, 0.1) is 0 Å². The fraction of sp³-hybridized carbons (Fsp3) is 0.278. The maximum atomic E-state index is 13.1. The maximum Gasteiger partial charge on any atom is 0.417 e. The number of anilines is 2. The van der Waals surface area contributed by atoms with Crippen molar-refractivity contribution in [3.8, 4) is 11.5 Å². The summed E-state index contributed by atoms with van der Waals surface area (Å²) in [5.41, 5.74) is -1.29. The number of carbonyl (C=O) groups is 1. The van der Waals surface area contributed by atoms with E-state index in [0.717, 1.165) is 18.4 Å². The molecule has 12 heteroatoms. The summed E-state index contributed by atoms with van der Waals surface area (Å²) in [4.78, 5) is 12.4. The number of hydrogen-bond donors (Lipinski definition) is 1. The predicted molar refractivity (Wildman–Crippen MR) is 107 cm³/mol. The standard InChI is InChI=1S/C18H18ClF3N2O5S/c1-28-15-7-4-11(8-16(15)29-2)23-17(25)10-24(30(3,26)27)12-5-6-14(19)13(9-12)18(20,21)22/h4-9H,10H2,1-3H3,(H,23,25). The van der Waals surface area contributed by atoms with E-state index >= 15 is 0 Å². The van der Waals surface area contributed by atoms with Crippen LogP contribution in [-0.2, 0) is 21.0 Å². The zero-order chi connectivity index (χ0) is 22.7. The Labute approximate surface area is 176 Å². The molecule has 30 heavy (non-hydrogen) atoms. The lowest BCUT2D eigenvalue weighted by atomic mass is 10.2. The van der Waals surface area contributed by atoms with Gasteiger partial charge in [0.1, 0.15) is 6.54 Å². The smallest absolute Gasteiger partial charge is 0.417 e. The molecule has 0 unspecified atom stereocenters. The number of amides is 1. The van der Waals surface area contributed by atoms with E-state index in [1.54, 1.807) is 0 Å². The van der Waals surface area contributed by atoms with Crippen LogP contribution in [0.2, 0.25) is 5.02 Å². The van der Waals surface area contributed by atoms with Crippen molar-refractivity contribution in [2.24, 2.45) is 0 Å². The van der Waals surface area contributed by atoms with Crippen LogP contribution in [0.25, 0.3) is 0 Å². The molecule has 0 aromatic heterocycles. The number of rotatable bonds is 7. The first-order chi connectivity index (χ1) is 13.9. The van der Waals surface area contributed by atoms with Gasteiger partial charge in [-0.15, -0.1) is 0 Å². The molecule has 1 N–H and O–H groups in total. The summed E-state index contributed by atoms with van der Waals surface area (Å²) in [6.45, 7) is -0.758. The van der Waals surface area contributed by atoms with Crippen molar-refractivity contribution >= 4 is 38.9 Å². The van der Waals surface area contributed by atoms with E-state index in [9.17, 15) is 26.4 Å².